The van der Waals surface area contributed by atoms with E-state index in [2.05, 4.69) is 11.1 Å². The molecule has 95 valence electrons. The van der Waals surface area contributed by atoms with Gasteiger partial charge in [0.25, 0.3) is 0 Å². The minimum atomic E-state index is -0.207. The summed E-state index contributed by atoms with van der Waals surface area (Å²) in [7, 11) is 0. The van der Waals surface area contributed by atoms with Crippen LogP contribution in [-0.4, -0.2) is 26.6 Å². The fourth-order valence-electron chi connectivity index (χ4n) is 2.64. The molecule has 0 fully saturated rings. The second-order valence-corrected chi connectivity index (χ2v) is 7.56. The van der Waals surface area contributed by atoms with Gasteiger partial charge in [-0.25, -0.2) is 0 Å². The van der Waals surface area contributed by atoms with E-state index in [9.17, 15) is 4.79 Å². The van der Waals surface area contributed by atoms with Gasteiger partial charge in [-0.05, 0) is 0 Å². The van der Waals surface area contributed by atoms with E-state index in [1.165, 1.54) is 5.56 Å². The van der Waals surface area contributed by atoms with Gasteiger partial charge in [0.1, 0.15) is 0 Å². The number of nitrogens with two attached hydrogens (primary N) is 1. The van der Waals surface area contributed by atoms with Gasteiger partial charge in [-0.2, -0.15) is 0 Å². The molecule has 1 aliphatic rings. The molecular formula is C15H14AsN2O. The van der Waals surface area contributed by atoms with Crippen LogP contribution in [0.1, 0.15) is 17.0 Å². The second-order valence-electron chi connectivity index (χ2n) is 4.67. The number of hydrogen-bond acceptors (Lipinski definition) is 2. The van der Waals surface area contributed by atoms with E-state index in [1.54, 1.807) is 0 Å². The summed E-state index contributed by atoms with van der Waals surface area (Å²) in [6, 6.07) is 14.1. The molecule has 2 aromatic rings. The van der Waals surface area contributed by atoms with Gasteiger partial charge in [0.05, 0.1) is 0 Å². The molecule has 0 aliphatic heterocycles. The number of carbonyl (C=O) groups excluding carboxylic acids is 1. The molecule has 3 rings (SSSR count). The van der Waals surface area contributed by atoms with Gasteiger partial charge in [0.15, 0.2) is 0 Å². The molecule has 0 saturated heterocycles. The maximum atomic E-state index is 11.8. The summed E-state index contributed by atoms with van der Waals surface area (Å²) in [6.07, 6.45) is 2.76. The summed E-state index contributed by atoms with van der Waals surface area (Å²) in [6.45, 7) is 0. The Labute approximate surface area is 118 Å². The Bertz CT molecular complexity index is 600. The number of nitrogens with zero attached hydrogens (tertiary/aromatic N) is 1. The average Bonchev–Trinajstić information content (AvgIpc) is 2.77. The van der Waals surface area contributed by atoms with Crippen LogP contribution in [0.15, 0.2) is 48.7 Å². The van der Waals surface area contributed by atoms with Crippen LogP contribution in [0, 0.1) is 0 Å². The summed E-state index contributed by atoms with van der Waals surface area (Å²) in [5.74, 6) is -0.348. The van der Waals surface area contributed by atoms with Gasteiger partial charge >= 0.3 is 118 Å². The Balaban J connectivity index is 1.89. The van der Waals surface area contributed by atoms with Crippen LogP contribution in [0.5, 0.6) is 0 Å². The van der Waals surface area contributed by atoms with Gasteiger partial charge in [-0.15, -0.1) is 0 Å². The molecule has 4 heteroatoms. The summed E-state index contributed by atoms with van der Waals surface area (Å²) in [5.41, 5.74) is 8.00. The van der Waals surface area contributed by atoms with E-state index in [-0.39, 0.29) is 27.6 Å². The van der Waals surface area contributed by atoms with Crippen LogP contribution >= 0.6 is 0 Å². The molecule has 1 aromatic heterocycles. The van der Waals surface area contributed by atoms with Crippen molar-refractivity contribution >= 4 is 26.1 Å². The molecule has 1 aliphatic carbocycles. The third kappa shape index (κ3) is 2.43. The zero-order valence-electron chi connectivity index (χ0n) is 10.4. The Kier molecular flexibility index (Phi) is 3.39. The van der Waals surface area contributed by atoms with Crippen molar-refractivity contribution in [1.82, 2.24) is 4.98 Å². The van der Waals surface area contributed by atoms with Crippen LogP contribution in [0.2, 0.25) is 4.71 Å². The predicted molar refractivity (Wildman–Crippen MR) is 75.5 cm³/mol. The first-order valence-electron chi connectivity index (χ1n) is 6.24. The van der Waals surface area contributed by atoms with Crippen LogP contribution in [0.25, 0.3) is 0 Å². The first-order chi connectivity index (χ1) is 9.25. The van der Waals surface area contributed by atoms with Crippen molar-refractivity contribution < 1.29 is 4.79 Å². The molecule has 0 spiro atoms. The molecule has 3 nitrogen and oxygen atoms in total. The van der Waals surface area contributed by atoms with Crippen LogP contribution in [0.4, 0.5) is 0 Å². The summed E-state index contributed by atoms with van der Waals surface area (Å²) >= 11 is -0.147. The van der Waals surface area contributed by atoms with Gasteiger partial charge < -0.3 is 0 Å². The van der Waals surface area contributed by atoms with Crippen molar-refractivity contribution in [2.24, 2.45) is 5.73 Å². The Morgan fingerprint density at radius 3 is 2.74 bits per heavy atom. The van der Waals surface area contributed by atoms with Gasteiger partial charge in [-0.1, -0.05) is 0 Å². The van der Waals surface area contributed by atoms with E-state index in [1.807, 2.05) is 42.6 Å². The second kappa shape index (κ2) is 5.18. The maximum absolute atomic E-state index is 11.8. The first kappa shape index (κ1) is 12.4. The van der Waals surface area contributed by atoms with Crippen LogP contribution in [-0.2, 0) is 11.2 Å². The molecule has 0 saturated carbocycles. The molecular weight excluding hydrogens is 299 g/mol. The van der Waals surface area contributed by atoms with Crippen molar-refractivity contribution in [3.05, 3.63) is 59.8 Å². The number of amides is 1. The molecule has 1 heterocycles. The number of primary amides is 1. The summed E-state index contributed by atoms with van der Waals surface area (Å²) in [5, 5.41) is 0. The number of pyridine rings is 1. The minimum absolute atomic E-state index is 0.141. The number of aromatic nitrogens is 1. The molecule has 19 heavy (non-hydrogen) atoms. The summed E-state index contributed by atoms with van der Waals surface area (Å²) < 4.78 is 1.43. The first-order valence-corrected chi connectivity index (χ1v) is 8.27. The van der Waals surface area contributed by atoms with Crippen molar-refractivity contribution in [3.8, 4) is 0 Å². The van der Waals surface area contributed by atoms with Gasteiger partial charge in [0.2, 0.25) is 0 Å². The fourth-order valence-corrected chi connectivity index (χ4v) is 5.55. The number of hydrogen-bond donors (Lipinski definition) is 1. The summed E-state index contributed by atoms with van der Waals surface area (Å²) in [4.78, 5) is 16.2. The molecule has 0 bridgehead atoms. The van der Waals surface area contributed by atoms with E-state index in [0.29, 0.717) is 4.71 Å². The SMILES string of the molecule is NC(=O)C1c2ccccc2CC1[As]c1ccccn1. The topological polar surface area (TPSA) is 56.0 Å². The molecule has 2 N–H and O–H groups in total. The quantitative estimate of drug-likeness (QED) is 0.861. The zero-order chi connectivity index (χ0) is 13.2. The third-order valence-electron chi connectivity index (χ3n) is 3.46. The van der Waals surface area contributed by atoms with E-state index < -0.39 is 0 Å². The number of benzene rings is 1. The standard InChI is InChI=1S/C15H14AsN2O/c17-15(19)14-11-6-2-1-5-10(11)9-12(14)16-13-7-3-4-8-18-13/h1-8,12,14H,9H2,(H2,17,19). The van der Waals surface area contributed by atoms with Crippen molar-refractivity contribution in [1.29, 1.82) is 0 Å². The fraction of sp³-hybridized carbons (Fsp3) is 0.200. The van der Waals surface area contributed by atoms with E-state index >= 15 is 0 Å². The zero-order valence-corrected chi connectivity index (χ0v) is 12.2. The number of fused-ring (bicyclic) bond motifs is 1. The Morgan fingerprint density at radius 2 is 2.00 bits per heavy atom. The Hall–Kier alpha value is -1.60. The molecule has 1 aromatic carbocycles. The molecule has 2 unspecified atom stereocenters. The average molecular weight is 313 g/mol. The molecule has 1 radical (unpaired) electrons. The normalized spacial score (nSPS) is 21.7. The van der Waals surface area contributed by atoms with Crippen molar-refractivity contribution in [3.63, 3.8) is 0 Å². The van der Waals surface area contributed by atoms with E-state index in [0.717, 1.165) is 16.5 Å². The monoisotopic (exact) mass is 313 g/mol. The van der Waals surface area contributed by atoms with Gasteiger partial charge in [-0.3, -0.25) is 0 Å². The van der Waals surface area contributed by atoms with Crippen LogP contribution in [0.3, 0.4) is 0 Å². The molecule has 2 atom stereocenters. The molecule has 1 amide bonds. The van der Waals surface area contributed by atoms with Crippen LogP contribution < -0.4 is 10.2 Å². The van der Waals surface area contributed by atoms with E-state index in [4.69, 9.17) is 5.73 Å². The predicted octanol–water partition coefficient (Wildman–Crippen LogP) is 1.02. The van der Waals surface area contributed by atoms with Crippen molar-refractivity contribution in [2.45, 2.75) is 17.0 Å². The Morgan fingerprint density at radius 1 is 1.21 bits per heavy atom. The number of carbonyl (C=O) groups is 1. The van der Waals surface area contributed by atoms with Gasteiger partial charge in [0, 0.05) is 0 Å². The number of rotatable bonds is 3. The third-order valence-corrected chi connectivity index (χ3v) is 6.27. The van der Waals surface area contributed by atoms with Crippen molar-refractivity contribution in [2.75, 3.05) is 0 Å².